The second kappa shape index (κ2) is 7.56. The first-order valence-electron chi connectivity index (χ1n) is 8.17. The molecule has 0 bridgehead atoms. The van der Waals surface area contributed by atoms with Crippen LogP contribution in [0.3, 0.4) is 0 Å². The summed E-state index contributed by atoms with van der Waals surface area (Å²) in [5.74, 6) is 0.581. The summed E-state index contributed by atoms with van der Waals surface area (Å²) in [5, 5.41) is 0.00735. The fourth-order valence-corrected chi connectivity index (χ4v) is 5.15. The fourth-order valence-electron chi connectivity index (χ4n) is 4.05. The van der Waals surface area contributed by atoms with Crippen LogP contribution in [0.15, 0.2) is 0 Å². The van der Waals surface area contributed by atoms with Crippen molar-refractivity contribution in [2.24, 2.45) is 16.7 Å². The van der Waals surface area contributed by atoms with Crippen molar-refractivity contribution in [2.45, 2.75) is 78.6 Å². The molecule has 0 saturated heterocycles. The van der Waals surface area contributed by atoms with E-state index < -0.39 is 11.1 Å². The molecule has 1 aliphatic rings. The van der Waals surface area contributed by atoms with Crippen molar-refractivity contribution in [1.29, 1.82) is 0 Å². The first-order valence-corrected chi connectivity index (χ1v) is 9.31. The summed E-state index contributed by atoms with van der Waals surface area (Å²) in [5.41, 5.74) is 0.571. The Balaban J connectivity index is 2.82. The van der Waals surface area contributed by atoms with Gasteiger partial charge in [0.05, 0.1) is 18.5 Å². The minimum atomic E-state index is -1.25. The topological polar surface area (TPSA) is 35.5 Å². The Morgan fingerprint density at radius 3 is 2.24 bits per heavy atom. The van der Waals surface area contributed by atoms with Crippen LogP contribution in [0.5, 0.6) is 0 Å². The highest BCUT2D eigenvalue weighted by atomic mass is 32.2. The van der Waals surface area contributed by atoms with Crippen LogP contribution in [0, 0.1) is 16.7 Å². The average molecular weight is 319 g/mol. The summed E-state index contributed by atoms with van der Waals surface area (Å²) >= 11 is -1.25. The molecule has 0 aromatic rings. The number of ether oxygens (including phenoxy) is 1. The fraction of sp³-hybridized carbons (Fsp3) is 1.00. The number of hydrogen-bond donors (Lipinski definition) is 0. The van der Waals surface area contributed by atoms with Crippen LogP contribution >= 0.6 is 0 Å². The summed E-state index contributed by atoms with van der Waals surface area (Å²) in [6.45, 7) is 14.3. The third-order valence-corrected chi connectivity index (χ3v) is 5.93. The molecule has 0 radical (unpaired) electrons. The SMILES string of the molecule is CCOC1CCC(C(C)(C)CC(C)(C)C)CC1S(=O)OC. The highest BCUT2D eigenvalue weighted by molar-refractivity contribution is 7.80. The van der Waals surface area contributed by atoms with E-state index in [0.717, 1.165) is 19.3 Å². The van der Waals surface area contributed by atoms with E-state index >= 15 is 0 Å². The lowest BCUT2D eigenvalue weighted by Gasteiger charge is -2.44. The van der Waals surface area contributed by atoms with Gasteiger partial charge in [0.25, 0.3) is 0 Å². The summed E-state index contributed by atoms with van der Waals surface area (Å²) in [4.78, 5) is 0. The molecule has 0 N–H and O–H groups in total. The molecule has 0 spiro atoms. The van der Waals surface area contributed by atoms with Crippen molar-refractivity contribution in [1.82, 2.24) is 0 Å². The Hall–Kier alpha value is 0.0700. The summed E-state index contributed by atoms with van der Waals surface area (Å²) in [7, 11) is 1.53. The molecule has 1 saturated carbocycles. The van der Waals surface area contributed by atoms with E-state index in [1.54, 1.807) is 0 Å². The van der Waals surface area contributed by atoms with Gasteiger partial charge in [0.1, 0.15) is 0 Å². The quantitative estimate of drug-likeness (QED) is 0.731. The highest BCUT2D eigenvalue weighted by Gasteiger charge is 2.42. The predicted octanol–water partition coefficient (Wildman–Crippen LogP) is 4.33. The van der Waals surface area contributed by atoms with E-state index in [1.165, 1.54) is 13.5 Å². The molecule has 0 amide bonds. The molecule has 21 heavy (non-hydrogen) atoms. The smallest absolute Gasteiger partial charge is 0.161 e. The maximum absolute atomic E-state index is 12.2. The van der Waals surface area contributed by atoms with Crippen molar-refractivity contribution in [3.05, 3.63) is 0 Å². The standard InChI is InChI=1S/C17H34O3S/c1-8-20-14-10-9-13(11-15(14)21(18)19-7)17(5,6)12-16(2,3)4/h13-15H,8-12H2,1-7H3. The Labute approximate surface area is 133 Å². The maximum atomic E-state index is 12.2. The normalized spacial score (nSPS) is 29.4. The van der Waals surface area contributed by atoms with Gasteiger partial charge in [-0.2, -0.15) is 0 Å². The van der Waals surface area contributed by atoms with E-state index in [-0.39, 0.29) is 16.8 Å². The van der Waals surface area contributed by atoms with Crippen molar-refractivity contribution in [3.8, 4) is 0 Å². The van der Waals surface area contributed by atoms with Crippen LogP contribution < -0.4 is 0 Å². The molecule has 4 atom stereocenters. The number of hydrogen-bond acceptors (Lipinski definition) is 3. The minimum Gasteiger partial charge on any atom is -0.377 e. The average Bonchev–Trinajstić information content (AvgIpc) is 2.35. The maximum Gasteiger partial charge on any atom is 0.161 e. The first kappa shape index (κ1) is 19.1. The van der Waals surface area contributed by atoms with Gasteiger partial charge in [-0.1, -0.05) is 34.6 Å². The summed E-state index contributed by atoms with van der Waals surface area (Å²) < 4.78 is 23.1. The molecule has 126 valence electrons. The molecule has 4 unspecified atom stereocenters. The zero-order chi connectivity index (χ0) is 16.3. The monoisotopic (exact) mass is 318 g/mol. The third kappa shape index (κ3) is 5.65. The van der Waals surface area contributed by atoms with Crippen LogP contribution in [-0.4, -0.2) is 29.3 Å². The van der Waals surface area contributed by atoms with Crippen molar-refractivity contribution in [3.63, 3.8) is 0 Å². The van der Waals surface area contributed by atoms with Gasteiger partial charge in [-0.3, -0.25) is 4.18 Å². The lowest BCUT2D eigenvalue weighted by molar-refractivity contribution is 0.00207. The second-order valence-electron chi connectivity index (χ2n) is 8.20. The van der Waals surface area contributed by atoms with Gasteiger partial charge < -0.3 is 4.74 Å². The lowest BCUT2D eigenvalue weighted by Crippen LogP contribution is -2.43. The van der Waals surface area contributed by atoms with Gasteiger partial charge in [-0.05, 0) is 49.4 Å². The third-order valence-electron chi connectivity index (χ3n) is 4.61. The van der Waals surface area contributed by atoms with Crippen LogP contribution in [0.25, 0.3) is 0 Å². The van der Waals surface area contributed by atoms with Crippen molar-refractivity contribution >= 4 is 11.1 Å². The van der Waals surface area contributed by atoms with Gasteiger partial charge in [0.2, 0.25) is 0 Å². The zero-order valence-electron chi connectivity index (χ0n) is 14.9. The van der Waals surface area contributed by atoms with E-state index in [2.05, 4.69) is 34.6 Å². The van der Waals surface area contributed by atoms with E-state index in [9.17, 15) is 4.21 Å². The molecule has 1 aliphatic carbocycles. The molecule has 1 fully saturated rings. The Bertz CT molecular complexity index is 346. The van der Waals surface area contributed by atoms with Crippen LogP contribution in [0.4, 0.5) is 0 Å². The highest BCUT2D eigenvalue weighted by Crippen LogP contribution is 2.46. The Kier molecular flexibility index (Phi) is 6.88. The Morgan fingerprint density at radius 1 is 1.14 bits per heavy atom. The van der Waals surface area contributed by atoms with Gasteiger partial charge >= 0.3 is 0 Å². The van der Waals surface area contributed by atoms with E-state index in [0.29, 0.717) is 17.9 Å². The van der Waals surface area contributed by atoms with Gasteiger partial charge in [0.15, 0.2) is 11.1 Å². The van der Waals surface area contributed by atoms with Crippen molar-refractivity contribution in [2.75, 3.05) is 13.7 Å². The molecule has 4 heteroatoms. The van der Waals surface area contributed by atoms with Gasteiger partial charge in [-0.15, -0.1) is 0 Å². The summed E-state index contributed by atoms with van der Waals surface area (Å²) in [6.07, 6.45) is 4.35. The molecular weight excluding hydrogens is 284 g/mol. The molecule has 3 nitrogen and oxygen atoms in total. The second-order valence-corrected chi connectivity index (χ2v) is 9.66. The molecule has 1 rings (SSSR count). The summed E-state index contributed by atoms with van der Waals surface area (Å²) in [6, 6.07) is 0. The Morgan fingerprint density at radius 2 is 1.76 bits per heavy atom. The lowest BCUT2D eigenvalue weighted by atomic mass is 9.64. The van der Waals surface area contributed by atoms with Crippen LogP contribution in [0.1, 0.15) is 67.2 Å². The minimum absolute atomic E-state index is 0.00735. The van der Waals surface area contributed by atoms with E-state index in [1.807, 2.05) is 6.92 Å². The molecular formula is C17H34O3S. The van der Waals surface area contributed by atoms with Crippen LogP contribution in [-0.2, 0) is 20.0 Å². The van der Waals surface area contributed by atoms with Crippen molar-refractivity contribution < 1.29 is 13.1 Å². The first-order chi connectivity index (χ1) is 9.60. The van der Waals surface area contributed by atoms with Crippen LogP contribution in [0.2, 0.25) is 0 Å². The molecule has 0 aliphatic heterocycles. The molecule has 0 heterocycles. The number of rotatable bonds is 6. The molecule has 0 aromatic heterocycles. The van der Waals surface area contributed by atoms with E-state index in [4.69, 9.17) is 8.92 Å². The zero-order valence-corrected chi connectivity index (χ0v) is 15.7. The largest absolute Gasteiger partial charge is 0.377 e. The molecule has 0 aromatic carbocycles. The van der Waals surface area contributed by atoms with Gasteiger partial charge in [0, 0.05) is 6.61 Å². The van der Waals surface area contributed by atoms with Gasteiger partial charge in [-0.25, -0.2) is 4.21 Å². The predicted molar refractivity (Wildman–Crippen MR) is 89.5 cm³/mol.